The number of allylic oxidation sites excluding steroid dienone is 1. The molecule has 3 fully saturated rings. The van der Waals surface area contributed by atoms with Crippen LogP contribution in [0.15, 0.2) is 41.9 Å². The zero-order chi connectivity index (χ0) is 20.2. The van der Waals surface area contributed by atoms with E-state index in [0.717, 1.165) is 51.4 Å². The van der Waals surface area contributed by atoms with Crippen molar-refractivity contribution in [2.45, 2.75) is 69.5 Å². The Balaban J connectivity index is 1.72. The van der Waals surface area contributed by atoms with Crippen LogP contribution in [0.1, 0.15) is 63.4 Å². The van der Waals surface area contributed by atoms with Gasteiger partial charge in [0.1, 0.15) is 28.6 Å². The molecule has 5 rings (SSSR count). The molecule has 1 aliphatic heterocycles. The summed E-state index contributed by atoms with van der Waals surface area (Å²) in [4.78, 5) is 0. The van der Waals surface area contributed by atoms with E-state index in [1.54, 1.807) is 24.3 Å². The SMILES string of the molecule is OC1=CC(O)C2C(=C1)OC1(c3ccc(O)cc3O)CCCCC1C21CCCCC1. The molecule has 1 aromatic rings. The number of rotatable bonds is 1. The third-order valence-corrected chi connectivity index (χ3v) is 7.97. The van der Waals surface area contributed by atoms with Crippen LogP contribution in [0.2, 0.25) is 0 Å². The number of aliphatic hydroxyl groups excluding tert-OH is 2. The maximum Gasteiger partial charge on any atom is 0.140 e. The van der Waals surface area contributed by atoms with Crippen LogP contribution >= 0.6 is 0 Å². The molecule has 4 aliphatic rings. The minimum atomic E-state index is -0.763. The molecule has 0 aromatic heterocycles. The number of hydrogen-bond donors (Lipinski definition) is 4. The van der Waals surface area contributed by atoms with E-state index in [1.807, 2.05) is 0 Å². The fraction of sp³-hybridized carbons (Fsp3) is 0.583. The number of phenolic OH excluding ortho intramolecular Hbond substituents is 2. The van der Waals surface area contributed by atoms with Gasteiger partial charge in [0.15, 0.2) is 0 Å². The summed E-state index contributed by atoms with van der Waals surface area (Å²) in [5.41, 5.74) is -0.107. The van der Waals surface area contributed by atoms with Crippen molar-refractivity contribution in [1.82, 2.24) is 0 Å². The van der Waals surface area contributed by atoms with Crippen molar-refractivity contribution < 1.29 is 25.2 Å². The van der Waals surface area contributed by atoms with E-state index in [-0.39, 0.29) is 34.5 Å². The van der Waals surface area contributed by atoms with Crippen molar-refractivity contribution in [3.05, 3.63) is 47.4 Å². The molecule has 2 saturated carbocycles. The second-order valence-electron chi connectivity index (χ2n) is 9.39. The fourth-order valence-electron chi connectivity index (χ4n) is 7.01. The molecule has 4 N–H and O–H groups in total. The Labute approximate surface area is 171 Å². The van der Waals surface area contributed by atoms with Crippen LogP contribution in [-0.4, -0.2) is 26.5 Å². The first-order valence-electron chi connectivity index (χ1n) is 11.0. The van der Waals surface area contributed by atoms with Gasteiger partial charge in [-0.1, -0.05) is 25.7 Å². The number of fused-ring (bicyclic) bond motifs is 4. The third-order valence-electron chi connectivity index (χ3n) is 7.97. The average molecular weight is 398 g/mol. The quantitative estimate of drug-likeness (QED) is 0.547. The Bertz CT molecular complexity index is 866. The molecule has 0 bridgehead atoms. The molecule has 4 atom stereocenters. The lowest BCUT2D eigenvalue weighted by Crippen LogP contribution is -2.60. The molecular weight excluding hydrogens is 368 g/mol. The summed E-state index contributed by atoms with van der Waals surface area (Å²) < 4.78 is 6.72. The molecule has 0 radical (unpaired) electrons. The number of aromatic hydroxyl groups is 2. The Kier molecular flexibility index (Phi) is 4.35. The number of phenols is 2. The number of ether oxygens (including phenoxy) is 1. The van der Waals surface area contributed by atoms with E-state index < -0.39 is 11.7 Å². The van der Waals surface area contributed by atoms with Gasteiger partial charge in [-0.25, -0.2) is 0 Å². The van der Waals surface area contributed by atoms with Gasteiger partial charge < -0.3 is 25.2 Å². The number of hydrogen-bond acceptors (Lipinski definition) is 5. The molecule has 5 heteroatoms. The lowest BCUT2D eigenvalue weighted by atomic mass is 9.48. The highest BCUT2D eigenvalue weighted by molar-refractivity contribution is 5.45. The molecular formula is C24H30O5. The van der Waals surface area contributed by atoms with Crippen LogP contribution in [0.25, 0.3) is 0 Å². The van der Waals surface area contributed by atoms with Gasteiger partial charge in [-0.15, -0.1) is 0 Å². The second kappa shape index (κ2) is 6.69. The van der Waals surface area contributed by atoms with Crippen molar-refractivity contribution in [2.24, 2.45) is 17.3 Å². The highest BCUT2D eigenvalue weighted by atomic mass is 16.5. The van der Waals surface area contributed by atoms with Gasteiger partial charge >= 0.3 is 0 Å². The summed E-state index contributed by atoms with van der Waals surface area (Å²) in [6.07, 6.45) is 11.8. The Hall–Kier alpha value is -2.14. The average Bonchev–Trinajstić information content (AvgIpc) is 2.68. The van der Waals surface area contributed by atoms with Gasteiger partial charge in [0.05, 0.1) is 12.0 Å². The highest BCUT2D eigenvalue weighted by Gasteiger charge is 2.64. The standard InChI is InChI=1S/C24H30O5/c25-15-7-8-17(18(27)12-15)24-11-5-2-6-21(24)23(9-3-1-4-10-23)22-19(28)13-16(26)14-20(22)29-24/h7-8,12-14,19,21-22,25-28H,1-6,9-11H2. The monoisotopic (exact) mass is 398 g/mol. The summed E-state index contributed by atoms with van der Waals surface area (Å²) in [6, 6.07) is 4.79. The maximum atomic E-state index is 11.0. The molecule has 1 heterocycles. The first kappa shape index (κ1) is 18.9. The lowest BCUT2D eigenvalue weighted by Gasteiger charge is -2.63. The Morgan fingerprint density at radius 1 is 0.931 bits per heavy atom. The van der Waals surface area contributed by atoms with Gasteiger partial charge in [0, 0.05) is 23.6 Å². The van der Waals surface area contributed by atoms with Crippen LogP contribution in [0.3, 0.4) is 0 Å². The van der Waals surface area contributed by atoms with E-state index in [9.17, 15) is 20.4 Å². The largest absolute Gasteiger partial charge is 0.508 e. The number of benzene rings is 1. The topological polar surface area (TPSA) is 90.2 Å². The minimum absolute atomic E-state index is 0.0314. The Morgan fingerprint density at radius 2 is 1.69 bits per heavy atom. The first-order valence-corrected chi connectivity index (χ1v) is 11.0. The van der Waals surface area contributed by atoms with Crippen LogP contribution in [-0.2, 0) is 10.3 Å². The first-order chi connectivity index (χ1) is 14.0. The normalized spacial score (nSPS) is 35.7. The third kappa shape index (κ3) is 2.70. The van der Waals surface area contributed by atoms with Gasteiger partial charge in [0.25, 0.3) is 0 Å². The van der Waals surface area contributed by atoms with E-state index in [1.165, 1.54) is 12.5 Å². The summed E-state index contributed by atoms with van der Waals surface area (Å²) in [5.74, 6) is 0.778. The molecule has 1 saturated heterocycles. The van der Waals surface area contributed by atoms with Crippen LogP contribution in [0.4, 0.5) is 0 Å². The molecule has 29 heavy (non-hydrogen) atoms. The number of aliphatic hydroxyl groups is 2. The maximum absolute atomic E-state index is 11.0. The van der Waals surface area contributed by atoms with Gasteiger partial charge in [0.2, 0.25) is 0 Å². The van der Waals surface area contributed by atoms with Crippen molar-refractivity contribution >= 4 is 0 Å². The lowest BCUT2D eigenvalue weighted by molar-refractivity contribution is -0.216. The summed E-state index contributed by atoms with van der Waals surface area (Å²) in [5, 5.41) is 41.8. The smallest absolute Gasteiger partial charge is 0.140 e. The molecule has 156 valence electrons. The van der Waals surface area contributed by atoms with E-state index in [2.05, 4.69) is 0 Å². The molecule has 3 aliphatic carbocycles. The van der Waals surface area contributed by atoms with Crippen molar-refractivity contribution in [3.63, 3.8) is 0 Å². The zero-order valence-corrected chi connectivity index (χ0v) is 16.7. The molecule has 4 unspecified atom stereocenters. The Morgan fingerprint density at radius 3 is 2.45 bits per heavy atom. The predicted octanol–water partition coefficient (Wildman–Crippen LogP) is 4.78. The van der Waals surface area contributed by atoms with E-state index in [0.29, 0.717) is 11.3 Å². The zero-order valence-electron chi connectivity index (χ0n) is 16.7. The van der Waals surface area contributed by atoms with Crippen LogP contribution in [0, 0.1) is 17.3 Å². The molecule has 0 amide bonds. The predicted molar refractivity (Wildman–Crippen MR) is 108 cm³/mol. The van der Waals surface area contributed by atoms with Crippen molar-refractivity contribution in [2.75, 3.05) is 0 Å². The molecule has 1 aromatic carbocycles. The molecule has 1 spiro atoms. The van der Waals surface area contributed by atoms with Gasteiger partial charge in [-0.05, 0) is 55.7 Å². The molecule has 5 nitrogen and oxygen atoms in total. The second-order valence-corrected chi connectivity index (χ2v) is 9.39. The van der Waals surface area contributed by atoms with E-state index in [4.69, 9.17) is 4.74 Å². The summed E-state index contributed by atoms with van der Waals surface area (Å²) >= 11 is 0. The summed E-state index contributed by atoms with van der Waals surface area (Å²) in [7, 11) is 0. The van der Waals surface area contributed by atoms with Gasteiger partial charge in [-0.3, -0.25) is 0 Å². The van der Waals surface area contributed by atoms with E-state index >= 15 is 0 Å². The minimum Gasteiger partial charge on any atom is -0.508 e. The van der Waals surface area contributed by atoms with Crippen LogP contribution in [0.5, 0.6) is 11.5 Å². The van der Waals surface area contributed by atoms with Crippen molar-refractivity contribution in [3.8, 4) is 11.5 Å². The van der Waals surface area contributed by atoms with Crippen LogP contribution < -0.4 is 0 Å². The highest BCUT2D eigenvalue weighted by Crippen LogP contribution is 2.67. The summed E-state index contributed by atoms with van der Waals surface area (Å²) in [6.45, 7) is 0. The van der Waals surface area contributed by atoms with Crippen molar-refractivity contribution in [1.29, 1.82) is 0 Å². The van der Waals surface area contributed by atoms with Gasteiger partial charge in [-0.2, -0.15) is 0 Å². The fourth-order valence-corrected chi connectivity index (χ4v) is 7.01.